The lowest BCUT2D eigenvalue weighted by atomic mass is 10.1. The fraction of sp³-hybridized carbons (Fsp3) is 0.714. The third-order valence-corrected chi connectivity index (χ3v) is 1.81. The van der Waals surface area contributed by atoms with Gasteiger partial charge in [0.1, 0.15) is 0 Å². The fourth-order valence-electron chi connectivity index (χ4n) is 1.14. The molecule has 0 aromatic carbocycles. The molecule has 0 saturated heterocycles. The van der Waals surface area contributed by atoms with E-state index in [4.69, 9.17) is 0 Å². The van der Waals surface area contributed by atoms with E-state index in [-0.39, 0.29) is 17.4 Å². The maximum absolute atomic E-state index is 11.0. The number of carbonyl (C=O) groups is 1. The van der Waals surface area contributed by atoms with Crippen molar-refractivity contribution in [1.82, 2.24) is 5.01 Å². The highest BCUT2D eigenvalue weighted by molar-refractivity contribution is 6.04. The van der Waals surface area contributed by atoms with Crippen LogP contribution in [0.5, 0.6) is 0 Å². The molecule has 6 nitrogen and oxygen atoms in total. The Kier molecular flexibility index (Phi) is 2.94. The Balaban J connectivity index is 2.27. The Labute approximate surface area is 75.4 Å². The molecule has 0 spiro atoms. The highest BCUT2D eigenvalue weighted by Crippen LogP contribution is 2.09. The van der Waals surface area contributed by atoms with Crippen LogP contribution in [0.4, 0.5) is 0 Å². The molecule has 1 aliphatic heterocycles. The first-order chi connectivity index (χ1) is 6.09. The Morgan fingerprint density at radius 3 is 2.85 bits per heavy atom. The van der Waals surface area contributed by atoms with Crippen LogP contribution in [0.15, 0.2) is 5.10 Å². The van der Waals surface area contributed by atoms with Gasteiger partial charge >= 0.3 is 0 Å². The molecule has 1 heterocycles. The van der Waals surface area contributed by atoms with Crippen molar-refractivity contribution in [2.45, 2.75) is 19.3 Å². The minimum Gasteiger partial charge on any atom is -0.273 e. The van der Waals surface area contributed by atoms with Crippen LogP contribution in [-0.4, -0.2) is 35.1 Å². The van der Waals surface area contributed by atoms with Gasteiger partial charge in [0.2, 0.25) is 12.5 Å². The molecule has 0 bridgehead atoms. The summed E-state index contributed by atoms with van der Waals surface area (Å²) in [6, 6.07) is 0. The number of nitrogens with zero attached hydrogens (tertiary/aromatic N) is 3. The standard InChI is InChI=1S/C7H11N3O3/c1-9-7(11)5-6(8-9)3-2-4-10(12)13/h2-5H2,1H3. The molecule has 1 amide bonds. The zero-order valence-corrected chi connectivity index (χ0v) is 7.39. The number of rotatable bonds is 4. The Morgan fingerprint density at radius 2 is 2.38 bits per heavy atom. The van der Waals surface area contributed by atoms with Gasteiger partial charge in [-0.25, -0.2) is 5.01 Å². The predicted molar refractivity (Wildman–Crippen MR) is 45.9 cm³/mol. The van der Waals surface area contributed by atoms with Gasteiger partial charge in [-0.05, 0) is 6.42 Å². The topological polar surface area (TPSA) is 75.8 Å². The van der Waals surface area contributed by atoms with E-state index >= 15 is 0 Å². The van der Waals surface area contributed by atoms with Gasteiger partial charge in [-0.1, -0.05) is 0 Å². The predicted octanol–water partition coefficient (Wildman–Crippen LogP) is 0.261. The van der Waals surface area contributed by atoms with Gasteiger partial charge in [0, 0.05) is 24.1 Å². The van der Waals surface area contributed by atoms with Crippen molar-refractivity contribution in [1.29, 1.82) is 0 Å². The van der Waals surface area contributed by atoms with Crippen LogP contribution < -0.4 is 0 Å². The van der Waals surface area contributed by atoms with Gasteiger partial charge in [0.25, 0.3) is 0 Å². The van der Waals surface area contributed by atoms with E-state index in [2.05, 4.69) is 5.10 Å². The number of amides is 1. The van der Waals surface area contributed by atoms with Crippen LogP contribution in [0, 0.1) is 10.1 Å². The minimum absolute atomic E-state index is 0.0453. The van der Waals surface area contributed by atoms with Crippen molar-refractivity contribution in [3.63, 3.8) is 0 Å². The fourth-order valence-corrected chi connectivity index (χ4v) is 1.14. The molecule has 0 fully saturated rings. The SMILES string of the molecule is CN1N=C(CCC[N+](=O)[O-])CC1=O. The summed E-state index contributed by atoms with van der Waals surface area (Å²) in [5.74, 6) is -0.0453. The first kappa shape index (κ1) is 9.63. The van der Waals surface area contributed by atoms with Gasteiger partial charge in [0.05, 0.1) is 6.42 Å². The number of hydrogen-bond acceptors (Lipinski definition) is 4. The van der Waals surface area contributed by atoms with Crippen LogP contribution >= 0.6 is 0 Å². The van der Waals surface area contributed by atoms with E-state index in [9.17, 15) is 14.9 Å². The molecule has 72 valence electrons. The summed E-state index contributed by atoms with van der Waals surface area (Å²) in [6.07, 6.45) is 1.30. The number of hydrogen-bond donors (Lipinski definition) is 0. The Hall–Kier alpha value is -1.46. The molecule has 0 aliphatic carbocycles. The molecular weight excluding hydrogens is 174 g/mol. The van der Waals surface area contributed by atoms with Crippen molar-refractivity contribution in [2.24, 2.45) is 5.10 Å². The van der Waals surface area contributed by atoms with Crippen molar-refractivity contribution >= 4 is 11.6 Å². The molecule has 0 unspecified atom stereocenters. The summed E-state index contributed by atoms with van der Waals surface area (Å²) in [5.41, 5.74) is 0.745. The van der Waals surface area contributed by atoms with E-state index in [0.717, 1.165) is 5.71 Å². The minimum atomic E-state index is -0.360. The zero-order chi connectivity index (χ0) is 9.84. The van der Waals surface area contributed by atoms with Gasteiger partial charge in [-0.2, -0.15) is 5.10 Å². The highest BCUT2D eigenvalue weighted by Gasteiger charge is 2.19. The van der Waals surface area contributed by atoms with Crippen molar-refractivity contribution in [3.05, 3.63) is 10.1 Å². The molecule has 0 aromatic rings. The molecule has 1 rings (SSSR count). The number of hydrazone groups is 1. The average Bonchev–Trinajstić information content (AvgIpc) is 2.30. The van der Waals surface area contributed by atoms with Gasteiger partial charge < -0.3 is 0 Å². The second kappa shape index (κ2) is 3.97. The lowest BCUT2D eigenvalue weighted by Crippen LogP contribution is -2.14. The maximum Gasteiger partial charge on any atom is 0.248 e. The molecule has 0 aromatic heterocycles. The lowest BCUT2D eigenvalue weighted by Gasteiger charge is -1.98. The largest absolute Gasteiger partial charge is 0.273 e. The summed E-state index contributed by atoms with van der Waals surface area (Å²) in [7, 11) is 1.59. The average molecular weight is 185 g/mol. The maximum atomic E-state index is 11.0. The van der Waals surface area contributed by atoms with Crippen LogP contribution in [0.2, 0.25) is 0 Å². The van der Waals surface area contributed by atoms with E-state index < -0.39 is 0 Å². The number of nitro groups is 1. The van der Waals surface area contributed by atoms with Gasteiger partial charge in [-0.3, -0.25) is 14.9 Å². The quantitative estimate of drug-likeness (QED) is 0.465. The normalized spacial score (nSPS) is 16.2. The molecule has 13 heavy (non-hydrogen) atoms. The second-order valence-corrected chi connectivity index (χ2v) is 2.92. The number of carbonyl (C=O) groups excluding carboxylic acids is 1. The third-order valence-electron chi connectivity index (χ3n) is 1.81. The molecule has 0 N–H and O–H groups in total. The zero-order valence-electron chi connectivity index (χ0n) is 7.39. The Morgan fingerprint density at radius 1 is 1.69 bits per heavy atom. The van der Waals surface area contributed by atoms with Crippen LogP contribution in [0.3, 0.4) is 0 Å². The molecule has 0 saturated carbocycles. The molecule has 6 heteroatoms. The summed E-state index contributed by atoms with van der Waals surface area (Å²) in [6.45, 7) is -0.0586. The summed E-state index contributed by atoms with van der Waals surface area (Å²) in [4.78, 5) is 20.6. The van der Waals surface area contributed by atoms with E-state index in [1.165, 1.54) is 5.01 Å². The Bertz CT molecular complexity index is 262. The van der Waals surface area contributed by atoms with Crippen LogP contribution in [-0.2, 0) is 4.79 Å². The molecular formula is C7H11N3O3. The van der Waals surface area contributed by atoms with Gasteiger partial charge in [0.15, 0.2) is 0 Å². The summed E-state index contributed by atoms with van der Waals surface area (Å²) >= 11 is 0. The van der Waals surface area contributed by atoms with Crippen LogP contribution in [0.25, 0.3) is 0 Å². The molecule has 1 aliphatic rings. The molecule has 0 radical (unpaired) electrons. The van der Waals surface area contributed by atoms with Crippen molar-refractivity contribution < 1.29 is 9.72 Å². The first-order valence-electron chi connectivity index (χ1n) is 4.04. The van der Waals surface area contributed by atoms with Gasteiger partial charge in [-0.15, -0.1) is 0 Å². The third kappa shape index (κ3) is 2.81. The van der Waals surface area contributed by atoms with Crippen molar-refractivity contribution in [3.8, 4) is 0 Å². The van der Waals surface area contributed by atoms with E-state index in [1.807, 2.05) is 0 Å². The first-order valence-corrected chi connectivity index (χ1v) is 4.04. The van der Waals surface area contributed by atoms with E-state index in [0.29, 0.717) is 19.3 Å². The lowest BCUT2D eigenvalue weighted by molar-refractivity contribution is -0.480. The van der Waals surface area contributed by atoms with Crippen molar-refractivity contribution in [2.75, 3.05) is 13.6 Å². The highest BCUT2D eigenvalue weighted by atomic mass is 16.6. The summed E-state index contributed by atoms with van der Waals surface area (Å²) in [5, 5.41) is 15.2. The second-order valence-electron chi connectivity index (χ2n) is 2.92. The molecule has 0 atom stereocenters. The van der Waals surface area contributed by atoms with Crippen LogP contribution in [0.1, 0.15) is 19.3 Å². The van der Waals surface area contributed by atoms with E-state index in [1.54, 1.807) is 7.05 Å². The smallest absolute Gasteiger partial charge is 0.248 e. The summed E-state index contributed by atoms with van der Waals surface area (Å²) < 4.78 is 0. The monoisotopic (exact) mass is 185 g/mol.